The van der Waals surface area contributed by atoms with Crippen molar-refractivity contribution in [3.05, 3.63) is 34.4 Å². The van der Waals surface area contributed by atoms with Crippen LogP contribution in [0, 0.1) is 6.92 Å². The number of hydrogen-bond acceptors (Lipinski definition) is 3. The first-order chi connectivity index (χ1) is 11.9. The topological polar surface area (TPSA) is 54.4 Å². The van der Waals surface area contributed by atoms with Gasteiger partial charge in [-0.2, -0.15) is 0 Å². The van der Waals surface area contributed by atoms with Crippen molar-refractivity contribution >= 4 is 9.84 Å². The summed E-state index contributed by atoms with van der Waals surface area (Å²) in [6.07, 6.45) is 4.42. The fourth-order valence-corrected chi connectivity index (χ4v) is 8.18. The predicted molar refractivity (Wildman–Crippen MR) is 105 cm³/mol. The minimum Gasteiger partial charge on any atom is -0.385 e. The van der Waals surface area contributed by atoms with E-state index in [9.17, 15) is 13.5 Å². The van der Waals surface area contributed by atoms with E-state index in [1.54, 1.807) is 0 Å². The summed E-state index contributed by atoms with van der Waals surface area (Å²) in [7, 11) is -3.04. The summed E-state index contributed by atoms with van der Waals surface area (Å²) in [6, 6.07) is 4.50. The standard InChI is InChI=1S/C22H32O3S/c1-14-10-18-19(21(4,5)9-8-20(18,2)3)11-17(14)22(23)12-15-6-7-16(13-22)26(15,24)25/h10-11,15-16,23H,6-9,12-13H2,1-5H3. The molecule has 1 N–H and O–H groups in total. The molecule has 2 saturated heterocycles. The van der Waals surface area contributed by atoms with Crippen molar-refractivity contribution in [2.45, 2.75) is 100 Å². The average Bonchev–Trinajstić information content (AvgIpc) is 2.71. The lowest BCUT2D eigenvalue weighted by molar-refractivity contribution is 0.0165. The van der Waals surface area contributed by atoms with E-state index < -0.39 is 15.4 Å². The van der Waals surface area contributed by atoms with Gasteiger partial charge in [-0.25, -0.2) is 8.42 Å². The van der Waals surface area contributed by atoms with E-state index >= 15 is 0 Å². The highest BCUT2D eigenvalue weighted by atomic mass is 32.2. The van der Waals surface area contributed by atoms with Crippen LogP contribution in [-0.4, -0.2) is 24.0 Å². The maximum Gasteiger partial charge on any atom is 0.156 e. The molecule has 3 aliphatic rings. The van der Waals surface area contributed by atoms with E-state index in [2.05, 4.69) is 46.8 Å². The first kappa shape index (κ1) is 18.5. The van der Waals surface area contributed by atoms with Gasteiger partial charge in [0.05, 0.1) is 16.1 Å². The van der Waals surface area contributed by atoms with Gasteiger partial charge in [0.25, 0.3) is 0 Å². The van der Waals surface area contributed by atoms with E-state index in [-0.39, 0.29) is 21.3 Å². The highest BCUT2D eigenvalue weighted by Crippen LogP contribution is 2.51. The third kappa shape index (κ3) is 2.51. The van der Waals surface area contributed by atoms with Gasteiger partial charge in [0.15, 0.2) is 9.84 Å². The Morgan fingerprint density at radius 1 is 0.885 bits per heavy atom. The van der Waals surface area contributed by atoms with Gasteiger partial charge in [-0.1, -0.05) is 39.8 Å². The molecule has 2 heterocycles. The minimum absolute atomic E-state index is 0.0867. The van der Waals surface area contributed by atoms with Gasteiger partial charge in [0, 0.05) is 0 Å². The molecule has 3 nitrogen and oxygen atoms in total. The number of rotatable bonds is 1. The van der Waals surface area contributed by atoms with Crippen molar-refractivity contribution in [1.29, 1.82) is 0 Å². The molecule has 0 radical (unpaired) electrons. The van der Waals surface area contributed by atoms with Gasteiger partial charge < -0.3 is 5.11 Å². The van der Waals surface area contributed by atoms with Gasteiger partial charge in [-0.15, -0.1) is 0 Å². The maximum atomic E-state index is 12.5. The molecule has 2 bridgehead atoms. The molecule has 26 heavy (non-hydrogen) atoms. The SMILES string of the molecule is Cc1cc2c(cc1C1(O)CC3CCC(C1)S3(=O)=O)C(C)(C)CCC2(C)C. The second-order valence-corrected chi connectivity index (χ2v) is 12.8. The van der Waals surface area contributed by atoms with E-state index in [4.69, 9.17) is 0 Å². The lowest BCUT2D eigenvalue weighted by Gasteiger charge is -2.44. The Hall–Kier alpha value is -0.870. The van der Waals surface area contributed by atoms with Crippen LogP contribution in [0.2, 0.25) is 0 Å². The molecule has 4 rings (SSSR count). The van der Waals surface area contributed by atoms with Gasteiger partial charge in [0.2, 0.25) is 0 Å². The van der Waals surface area contributed by atoms with Crippen molar-refractivity contribution in [2.75, 3.05) is 0 Å². The molecular formula is C22H32O3S. The van der Waals surface area contributed by atoms with E-state index in [0.29, 0.717) is 25.7 Å². The lowest BCUT2D eigenvalue weighted by atomic mass is 9.62. The molecule has 2 fully saturated rings. The molecule has 0 spiro atoms. The van der Waals surface area contributed by atoms with Crippen molar-refractivity contribution in [3.8, 4) is 0 Å². The molecule has 2 aliphatic heterocycles. The van der Waals surface area contributed by atoms with Gasteiger partial charge in [0.1, 0.15) is 0 Å². The van der Waals surface area contributed by atoms with Crippen LogP contribution >= 0.6 is 0 Å². The van der Waals surface area contributed by atoms with Gasteiger partial charge in [-0.05, 0) is 78.5 Å². The summed E-state index contributed by atoms with van der Waals surface area (Å²) in [5, 5.41) is 10.8. The molecule has 2 atom stereocenters. The molecule has 0 amide bonds. The third-order valence-electron chi connectivity index (χ3n) is 7.57. The molecule has 144 valence electrons. The minimum atomic E-state index is -3.04. The first-order valence-electron chi connectivity index (χ1n) is 9.98. The number of aliphatic hydroxyl groups is 1. The highest BCUT2D eigenvalue weighted by molar-refractivity contribution is 7.93. The molecule has 2 unspecified atom stereocenters. The summed E-state index contributed by atoms with van der Waals surface area (Å²) < 4.78 is 25.0. The Bertz CT molecular complexity index is 844. The van der Waals surface area contributed by atoms with Crippen LogP contribution in [0.5, 0.6) is 0 Å². The van der Waals surface area contributed by atoms with Crippen molar-refractivity contribution in [3.63, 3.8) is 0 Å². The fraction of sp³-hybridized carbons (Fsp3) is 0.727. The van der Waals surface area contributed by atoms with Crippen LogP contribution in [0.15, 0.2) is 12.1 Å². The number of sulfone groups is 1. The second-order valence-electron chi connectivity index (χ2n) is 10.3. The first-order valence-corrected chi connectivity index (χ1v) is 11.6. The van der Waals surface area contributed by atoms with Crippen LogP contribution in [0.25, 0.3) is 0 Å². The largest absolute Gasteiger partial charge is 0.385 e. The quantitative estimate of drug-likeness (QED) is 0.796. The zero-order chi connectivity index (χ0) is 19.1. The summed E-state index contributed by atoms with van der Waals surface area (Å²) in [6.45, 7) is 11.3. The van der Waals surface area contributed by atoms with Crippen molar-refractivity contribution in [2.24, 2.45) is 0 Å². The van der Waals surface area contributed by atoms with Gasteiger partial charge in [-0.3, -0.25) is 0 Å². The lowest BCUT2D eigenvalue weighted by Crippen LogP contribution is -2.44. The Balaban J connectivity index is 1.84. The Kier molecular flexibility index (Phi) is 3.80. The molecule has 1 aliphatic carbocycles. The Morgan fingerprint density at radius 3 is 1.85 bits per heavy atom. The van der Waals surface area contributed by atoms with Crippen LogP contribution in [-0.2, 0) is 26.3 Å². The molecular weight excluding hydrogens is 344 g/mol. The highest BCUT2D eigenvalue weighted by Gasteiger charge is 2.54. The summed E-state index contributed by atoms with van der Waals surface area (Å²) in [5.74, 6) is 0. The van der Waals surface area contributed by atoms with Crippen molar-refractivity contribution in [1.82, 2.24) is 0 Å². The Labute approximate surface area is 158 Å². The Morgan fingerprint density at radius 2 is 1.35 bits per heavy atom. The van der Waals surface area contributed by atoms with E-state index in [0.717, 1.165) is 17.5 Å². The number of hydrogen-bond donors (Lipinski definition) is 1. The molecule has 0 aromatic heterocycles. The number of fused-ring (bicyclic) bond motifs is 3. The zero-order valence-corrected chi connectivity index (χ0v) is 17.5. The van der Waals surface area contributed by atoms with Crippen LogP contribution in [0.3, 0.4) is 0 Å². The summed E-state index contributed by atoms with van der Waals surface area (Å²) in [5.41, 5.74) is 4.03. The second kappa shape index (κ2) is 5.35. The van der Waals surface area contributed by atoms with Crippen LogP contribution < -0.4 is 0 Å². The van der Waals surface area contributed by atoms with Crippen LogP contribution in [0.4, 0.5) is 0 Å². The summed E-state index contributed by atoms with van der Waals surface area (Å²) >= 11 is 0. The monoisotopic (exact) mass is 376 g/mol. The summed E-state index contributed by atoms with van der Waals surface area (Å²) in [4.78, 5) is 0. The molecule has 0 saturated carbocycles. The third-order valence-corrected chi connectivity index (χ3v) is 10.2. The van der Waals surface area contributed by atoms with Crippen molar-refractivity contribution < 1.29 is 13.5 Å². The molecule has 4 heteroatoms. The molecule has 1 aromatic carbocycles. The zero-order valence-electron chi connectivity index (χ0n) is 16.7. The smallest absolute Gasteiger partial charge is 0.156 e. The van der Waals surface area contributed by atoms with E-state index in [1.165, 1.54) is 17.5 Å². The number of aryl methyl sites for hydroxylation is 1. The number of benzene rings is 1. The maximum absolute atomic E-state index is 12.5. The predicted octanol–water partition coefficient (Wildman–Crippen LogP) is 4.27. The average molecular weight is 377 g/mol. The van der Waals surface area contributed by atoms with Crippen LogP contribution in [0.1, 0.15) is 88.5 Å². The van der Waals surface area contributed by atoms with Gasteiger partial charge >= 0.3 is 0 Å². The molecule has 1 aromatic rings. The normalized spacial score (nSPS) is 36.5. The fourth-order valence-electron chi connectivity index (χ4n) is 5.69. The van der Waals surface area contributed by atoms with E-state index in [1.807, 2.05) is 0 Å².